The van der Waals surface area contributed by atoms with Gasteiger partial charge in [0.05, 0.1) is 32.1 Å². The van der Waals surface area contributed by atoms with Crippen molar-refractivity contribution in [1.29, 1.82) is 5.41 Å². The maximum absolute atomic E-state index is 8.82. The van der Waals surface area contributed by atoms with Crippen molar-refractivity contribution in [2.45, 2.75) is 45.7 Å². The molecule has 1 saturated heterocycles. The van der Waals surface area contributed by atoms with Gasteiger partial charge in [-0.3, -0.25) is 21.0 Å². The van der Waals surface area contributed by atoms with Gasteiger partial charge in [0.25, 0.3) is 0 Å². The first-order valence-corrected chi connectivity index (χ1v) is 15.9. The van der Waals surface area contributed by atoms with Crippen LogP contribution in [0.15, 0.2) is 48.5 Å². The molecule has 0 atom stereocenters. The molecule has 0 amide bonds. The van der Waals surface area contributed by atoms with Gasteiger partial charge in [-0.2, -0.15) is 0 Å². The summed E-state index contributed by atoms with van der Waals surface area (Å²) in [5, 5.41) is 21.0. The molecule has 0 aliphatic carbocycles. The predicted octanol–water partition coefficient (Wildman–Crippen LogP) is 5.01. The molecule has 11 heteroatoms. The summed E-state index contributed by atoms with van der Waals surface area (Å²) in [4.78, 5) is 11.0. The highest BCUT2D eigenvalue weighted by Crippen LogP contribution is 2.33. The minimum absolute atomic E-state index is 0.0411. The van der Waals surface area contributed by atoms with E-state index in [1.54, 1.807) is 35.6 Å². The van der Waals surface area contributed by atoms with E-state index < -0.39 is 0 Å². The predicted molar refractivity (Wildman–Crippen MR) is 173 cm³/mol. The number of nitrogens with zero attached hydrogens (tertiary/aromatic N) is 3. The number of rotatable bonds is 17. The number of unbranched alkanes of at least 4 members (excludes halogenated alkanes) is 2. The number of hydrogen-bond acceptors (Lipinski definition) is 10. The van der Waals surface area contributed by atoms with Crippen LogP contribution in [0.5, 0.6) is 11.5 Å². The van der Waals surface area contributed by atoms with Gasteiger partial charge in [-0.1, -0.05) is 25.2 Å². The van der Waals surface area contributed by atoms with Crippen molar-refractivity contribution in [2.24, 2.45) is 0 Å². The van der Waals surface area contributed by atoms with Crippen molar-refractivity contribution in [3.63, 3.8) is 0 Å². The molecule has 0 saturated carbocycles. The molecule has 0 bridgehead atoms. The lowest BCUT2D eigenvalue weighted by atomic mass is 10.1. The van der Waals surface area contributed by atoms with Crippen LogP contribution >= 0.6 is 11.3 Å². The van der Waals surface area contributed by atoms with Crippen LogP contribution in [0.4, 0.5) is 5.13 Å². The summed E-state index contributed by atoms with van der Waals surface area (Å²) in [5.74, 6) is 1.57. The normalized spacial score (nSPS) is 13.7. The van der Waals surface area contributed by atoms with E-state index in [-0.39, 0.29) is 5.84 Å². The van der Waals surface area contributed by atoms with E-state index in [4.69, 9.17) is 29.8 Å². The number of amidine groups is 1. The minimum Gasteiger partial charge on any atom is -0.494 e. The molecule has 234 valence electrons. The van der Waals surface area contributed by atoms with Crippen LogP contribution in [-0.2, 0) is 11.3 Å². The first-order valence-electron chi connectivity index (χ1n) is 15.1. The summed E-state index contributed by atoms with van der Waals surface area (Å²) < 4.78 is 17.3. The summed E-state index contributed by atoms with van der Waals surface area (Å²) in [7, 11) is 2.13. The summed E-state index contributed by atoms with van der Waals surface area (Å²) in [5.41, 5.74) is 4.58. The Kier molecular flexibility index (Phi) is 13.1. The van der Waals surface area contributed by atoms with Gasteiger partial charge in [0.1, 0.15) is 17.3 Å². The van der Waals surface area contributed by atoms with Gasteiger partial charge >= 0.3 is 0 Å². The summed E-state index contributed by atoms with van der Waals surface area (Å²) in [6.07, 6.45) is 2.88. The maximum atomic E-state index is 8.82. The monoisotopic (exact) mass is 610 g/mol. The quantitative estimate of drug-likeness (QED) is 0.0725. The van der Waals surface area contributed by atoms with Crippen LogP contribution in [-0.4, -0.2) is 86.6 Å². The van der Waals surface area contributed by atoms with Crippen molar-refractivity contribution in [1.82, 2.24) is 20.7 Å². The Morgan fingerprint density at radius 1 is 1.02 bits per heavy atom. The maximum Gasteiger partial charge on any atom is 0.185 e. The smallest absolute Gasteiger partial charge is 0.185 e. The van der Waals surface area contributed by atoms with Gasteiger partial charge < -0.3 is 24.4 Å². The third-order valence-corrected chi connectivity index (χ3v) is 8.42. The number of nitrogens with one attached hydrogen (secondary N) is 3. The van der Waals surface area contributed by atoms with Gasteiger partial charge in [-0.05, 0) is 67.8 Å². The van der Waals surface area contributed by atoms with Crippen molar-refractivity contribution in [2.75, 3.05) is 64.6 Å². The summed E-state index contributed by atoms with van der Waals surface area (Å²) in [6.45, 7) is 12.0. The average Bonchev–Trinajstić information content (AvgIpc) is 3.47. The largest absolute Gasteiger partial charge is 0.494 e. The van der Waals surface area contributed by atoms with Crippen molar-refractivity contribution < 1.29 is 19.4 Å². The second-order valence-electron chi connectivity index (χ2n) is 11.0. The Hall–Kier alpha value is -3.22. The zero-order valence-electron chi connectivity index (χ0n) is 25.6. The van der Waals surface area contributed by atoms with Crippen LogP contribution in [0.1, 0.15) is 43.6 Å². The van der Waals surface area contributed by atoms with E-state index in [1.807, 2.05) is 17.6 Å². The number of anilines is 1. The van der Waals surface area contributed by atoms with Crippen LogP contribution in [0.3, 0.4) is 0 Å². The number of thiazole rings is 1. The Morgan fingerprint density at radius 3 is 2.26 bits per heavy atom. The summed E-state index contributed by atoms with van der Waals surface area (Å²) in [6, 6.07) is 15.8. The standard InChI is InChI=1S/C32H46N6O4S/c1-24(2)34-23-29-30(35-32(43-29)37(3)15-16-38-17-21-40-22-18-38)25-7-11-27(12-8-25)41-19-5-4-6-20-42-28-13-9-26(10-14-28)31(33)36-39/h7-14,24,34,39H,4-6,15-23H2,1-3H3,(H2,33,36). The Balaban J connectivity index is 1.22. The minimum atomic E-state index is -0.0411. The molecule has 2 heterocycles. The molecule has 0 spiro atoms. The SMILES string of the molecule is CC(C)NCc1sc(N(C)CCN2CCOCC2)nc1-c1ccc(OCCCCCOc2ccc(C(=N)NO)cc2)cc1. The first-order chi connectivity index (χ1) is 20.9. The Bertz CT molecular complexity index is 1250. The third kappa shape index (κ3) is 10.5. The van der Waals surface area contributed by atoms with Crippen molar-refractivity contribution in [3.8, 4) is 22.8 Å². The molecule has 43 heavy (non-hydrogen) atoms. The van der Waals surface area contributed by atoms with Crippen LogP contribution in [0.2, 0.25) is 0 Å². The topological polar surface area (TPSA) is 115 Å². The van der Waals surface area contributed by atoms with Crippen LogP contribution in [0, 0.1) is 5.41 Å². The number of morpholine rings is 1. The van der Waals surface area contributed by atoms with E-state index in [9.17, 15) is 0 Å². The van der Waals surface area contributed by atoms with Crippen LogP contribution < -0.4 is 25.2 Å². The number of likely N-dealkylation sites (N-methyl/N-ethyl adjacent to an activating group) is 1. The highest BCUT2D eigenvalue weighted by atomic mass is 32.1. The van der Waals surface area contributed by atoms with Crippen molar-refractivity contribution in [3.05, 3.63) is 59.0 Å². The van der Waals surface area contributed by atoms with Crippen molar-refractivity contribution >= 4 is 22.3 Å². The molecule has 1 aliphatic heterocycles. The highest BCUT2D eigenvalue weighted by Gasteiger charge is 2.18. The third-order valence-electron chi connectivity index (χ3n) is 7.25. The molecule has 1 aromatic heterocycles. The van der Waals surface area contributed by atoms with E-state index in [0.717, 1.165) is 93.1 Å². The van der Waals surface area contributed by atoms with Gasteiger partial charge in [-0.25, -0.2) is 4.98 Å². The number of hydroxylamine groups is 1. The molecule has 4 rings (SSSR count). The van der Waals surface area contributed by atoms with Gasteiger partial charge in [-0.15, -0.1) is 0 Å². The van der Waals surface area contributed by atoms with Gasteiger partial charge in [0.2, 0.25) is 0 Å². The molecule has 2 aromatic carbocycles. The van der Waals surface area contributed by atoms with Crippen LogP contribution in [0.25, 0.3) is 11.3 Å². The lowest BCUT2D eigenvalue weighted by molar-refractivity contribution is 0.0393. The number of hydrogen-bond donors (Lipinski definition) is 4. The second kappa shape index (κ2) is 17.2. The molecule has 4 N–H and O–H groups in total. The lowest BCUT2D eigenvalue weighted by Gasteiger charge is -2.28. The first kappa shape index (κ1) is 32.7. The lowest BCUT2D eigenvalue weighted by Crippen LogP contribution is -2.40. The van der Waals surface area contributed by atoms with Gasteiger partial charge in [0.15, 0.2) is 5.13 Å². The fraction of sp³-hybridized carbons (Fsp3) is 0.500. The second-order valence-corrected chi connectivity index (χ2v) is 12.0. The number of aromatic nitrogens is 1. The molecular formula is C32H46N6O4S. The highest BCUT2D eigenvalue weighted by molar-refractivity contribution is 7.16. The molecule has 10 nitrogen and oxygen atoms in total. The average molecular weight is 611 g/mol. The molecule has 0 radical (unpaired) electrons. The molecule has 1 aliphatic rings. The fourth-order valence-corrected chi connectivity index (χ4v) is 5.63. The zero-order chi connectivity index (χ0) is 30.4. The Morgan fingerprint density at radius 2 is 1.65 bits per heavy atom. The Labute approximate surface area is 259 Å². The fourth-order valence-electron chi connectivity index (χ4n) is 4.61. The number of ether oxygens (including phenoxy) is 3. The molecule has 0 unspecified atom stereocenters. The van der Waals surface area contributed by atoms with Gasteiger partial charge in [0, 0.05) is 61.8 Å². The number of benzene rings is 2. The van der Waals surface area contributed by atoms with E-state index in [0.29, 0.717) is 24.8 Å². The molecular weight excluding hydrogens is 564 g/mol. The molecule has 3 aromatic rings. The van der Waals surface area contributed by atoms with E-state index in [2.05, 4.69) is 48.1 Å². The summed E-state index contributed by atoms with van der Waals surface area (Å²) >= 11 is 1.77. The zero-order valence-corrected chi connectivity index (χ0v) is 26.4. The van der Waals surface area contributed by atoms with E-state index in [1.165, 1.54) is 4.88 Å². The molecule has 1 fully saturated rings. The van der Waals surface area contributed by atoms with E-state index >= 15 is 0 Å².